The monoisotopic (exact) mass is 883 g/mol. The first-order valence-corrected chi connectivity index (χ1v) is 22.0. The maximum absolute atomic E-state index is 16.5. The van der Waals surface area contributed by atoms with E-state index >= 15 is 8.78 Å². The second-order valence-electron chi connectivity index (χ2n) is 16.7. The molecular weight excluding hydrogens is 829 g/mol. The third kappa shape index (κ3) is 10.2. The van der Waals surface area contributed by atoms with E-state index in [1.54, 1.807) is 38.4 Å². The minimum Gasteiger partial charge on any atom is -0.478 e. The summed E-state index contributed by atoms with van der Waals surface area (Å²) in [5.74, 6) is 5.28. The van der Waals surface area contributed by atoms with Crippen LogP contribution in [-0.2, 0) is 49.7 Å². The minimum atomic E-state index is -4.13. The van der Waals surface area contributed by atoms with E-state index in [-0.39, 0.29) is 63.8 Å². The molecule has 0 aliphatic carbocycles. The van der Waals surface area contributed by atoms with Gasteiger partial charge in [0, 0.05) is 49.9 Å². The van der Waals surface area contributed by atoms with Crippen LogP contribution in [0.2, 0.25) is 0 Å². The molecule has 4 bridgehead atoms. The number of aldehydes is 1. The van der Waals surface area contributed by atoms with Crippen molar-refractivity contribution in [3.05, 3.63) is 137 Å². The number of carbonyl (C=O) groups is 1. The molecule has 0 radical (unpaired) electrons. The molecule has 1 aliphatic rings. The Hall–Kier alpha value is -6.10. The lowest BCUT2D eigenvalue weighted by Gasteiger charge is -2.33. The number of rotatable bonds is 7. The maximum atomic E-state index is 16.5. The molecule has 4 N–H and O–H groups in total. The minimum absolute atomic E-state index is 0.00296. The Balaban J connectivity index is 0.00000158. The summed E-state index contributed by atoms with van der Waals surface area (Å²) in [7, 11) is -0.771. The highest BCUT2D eigenvalue weighted by Crippen LogP contribution is 2.42. The summed E-state index contributed by atoms with van der Waals surface area (Å²) in [6, 6.07) is 22.4. The standard InChI is InChI=1S/C44H47F2N7O5S.C3H8O/c1-28(26-54)20-29-10-9-11-30(21-29)44(4)18-17-43(2,3)27-57-39(47)25-52(48)24-35-33-16-19-53(59(55,56)32-12-7-6-8-13-32)38(33)23-37(46)40(35)58-31-14-15-36(45)34(22-31)41-49-42(44)50-51(41)5;1-3-4-2/h6-16,19,21-23,25-26,28H,17-18,20,24,27,47-48H2,1-5H3;3H2,1-2H3/b39-25+;. The highest BCUT2D eigenvalue weighted by Gasteiger charge is 2.37. The molecule has 0 spiro atoms. The SMILES string of the molecule is CC(C=O)Cc1cccc(C2(C)CCC(C)(C)CO/C(N)=C/N(N)Cc3c(c(F)cc4c3ccn4S(=O)(=O)c3ccccc3)Oc3ccc(F)c(c3)-c3nc2nn3C)c1.CCOC. The van der Waals surface area contributed by atoms with Crippen molar-refractivity contribution in [3.8, 4) is 22.9 Å². The molecule has 4 aromatic carbocycles. The van der Waals surface area contributed by atoms with E-state index in [2.05, 4.69) is 10.8 Å². The van der Waals surface area contributed by atoms with Gasteiger partial charge in [0.15, 0.2) is 23.2 Å². The fraction of sp³-hybridized carbons (Fsp3) is 0.340. The first-order chi connectivity index (χ1) is 29.9. The van der Waals surface area contributed by atoms with Crippen molar-refractivity contribution in [1.82, 2.24) is 23.7 Å². The van der Waals surface area contributed by atoms with E-state index in [0.29, 0.717) is 30.5 Å². The summed E-state index contributed by atoms with van der Waals surface area (Å²) in [5, 5.41) is 6.39. The average Bonchev–Trinajstić information content (AvgIpc) is 3.88. The van der Waals surface area contributed by atoms with Gasteiger partial charge in [0.25, 0.3) is 10.0 Å². The number of nitrogens with zero attached hydrogens (tertiary/aromatic N) is 5. The Bertz CT molecular complexity index is 2720. The number of hydrogen-bond donors (Lipinski definition) is 2. The van der Waals surface area contributed by atoms with Crippen molar-refractivity contribution in [1.29, 1.82) is 0 Å². The Labute approximate surface area is 367 Å². The number of carbonyl (C=O) groups excluding carboxylic acids is 1. The zero-order valence-electron chi connectivity index (χ0n) is 36.6. The molecule has 0 fully saturated rings. The van der Waals surface area contributed by atoms with Gasteiger partial charge in [0.2, 0.25) is 5.88 Å². The summed E-state index contributed by atoms with van der Waals surface area (Å²) in [4.78, 5) is 16.5. The van der Waals surface area contributed by atoms with Crippen molar-refractivity contribution in [2.24, 2.45) is 30.0 Å². The van der Waals surface area contributed by atoms with Crippen molar-refractivity contribution in [3.63, 3.8) is 0 Å². The topological polar surface area (TPSA) is 170 Å². The van der Waals surface area contributed by atoms with Gasteiger partial charge in [-0.15, -0.1) is 0 Å². The smallest absolute Gasteiger partial charge is 0.268 e. The summed E-state index contributed by atoms with van der Waals surface area (Å²) < 4.78 is 79.2. The third-order valence-corrected chi connectivity index (χ3v) is 12.8. The van der Waals surface area contributed by atoms with Crippen LogP contribution >= 0.6 is 0 Å². The molecular formula is C47H55F2N7O6S. The molecule has 2 unspecified atom stereocenters. The van der Waals surface area contributed by atoms with Crippen molar-refractivity contribution >= 4 is 27.2 Å². The largest absolute Gasteiger partial charge is 0.478 e. The molecule has 3 heterocycles. The molecule has 2 aromatic heterocycles. The van der Waals surface area contributed by atoms with Crippen LogP contribution in [0.1, 0.15) is 70.0 Å². The quantitative estimate of drug-likeness (QED) is 0.117. The van der Waals surface area contributed by atoms with Gasteiger partial charge in [0.1, 0.15) is 17.9 Å². The molecule has 2 atom stereocenters. The van der Waals surface area contributed by atoms with Crippen LogP contribution in [0.3, 0.4) is 0 Å². The van der Waals surface area contributed by atoms with Crippen LogP contribution in [0.4, 0.5) is 8.78 Å². The summed E-state index contributed by atoms with van der Waals surface area (Å²) in [6.07, 6.45) is 5.38. The van der Waals surface area contributed by atoms with Gasteiger partial charge >= 0.3 is 0 Å². The van der Waals surface area contributed by atoms with Gasteiger partial charge < -0.3 is 29.7 Å². The molecule has 13 nitrogen and oxygen atoms in total. The number of benzene rings is 4. The highest BCUT2D eigenvalue weighted by molar-refractivity contribution is 7.90. The zero-order chi connectivity index (χ0) is 45.7. The Morgan fingerprint density at radius 1 is 0.984 bits per heavy atom. The van der Waals surface area contributed by atoms with E-state index < -0.39 is 32.5 Å². The van der Waals surface area contributed by atoms with Gasteiger partial charge in [0.05, 0.1) is 40.7 Å². The van der Waals surface area contributed by atoms with Crippen molar-refractivity contribution in [2.45, 2.75) is 70.7 Å². The lowest BCUT2D eigenvalue weighted by Crippen LogP contribution is -2.31. The molecule has 0 amide bonds. The number of hydrazine groups is 1. The number of aromatic nitrogens is 4. The molecule has 16 heteroatoms. The number of ether oxygens (including phenoxy) is 3. The van der Waals surface area contributed by atoms with Crippen LogP contribution in [-0.4, -0.2) is 58.8 Å². The fourth-order valence-corrected chi connectivity index (χ4v) is 8.74. The predicted molar refractivity (Wildman–Crippen MR) is 238 cm³/mol. The van der Waals surface area contributed by atoms with Gasteiger partial charge in [-0.2, -0.15) is 5.10 Å². The molecule has 0 saturated carbocycles. The second kappa shape index (κ2) is 19.1. The lowest BCUT2D eigenvalue weighted by atomic mass is 9.73. The molecule has 334 valence electrons. The predicted octanol–water partition coefficient (Wildman–Crippen LogP) is 8.35. The number of hydrogen-bond acceptors (Lipinski definition) is 11. The Morgan fingerprint density at radius 3 is 2.41 bits per heavy atom. The number of halogens is 2. The highest BCUT2D eigenvalue weighted by atomic mass is 32.2. The van der Waals surface area contributed by atoms with Gasteiger partial charge in [-0.05, 0) is 86.1 Å². The van der Waals surface area contributed by atoms with Gasteiger partial charge in [-0.3, -0.25) is 0 Å². The van der Waals surface area contributed by atoms with Crippen LogP contribution in [0.15, 0.2) is 108 Å². The first kappa shape index (κ1) is 46.4. The normalized spacial score (nSPS) is 18.2. The van der Waals surface area contributed by atoms with E-state index in [4.69, 9.17) is 31.1 Å². The third-order valence-electron chi connectivity index (χ3n) is 11.1. The second-order valence-corrected chi connectivity index (χ2v) is 18.6. The van der Waals surface area contributed by atoms with Crippen LogP contribution < -0.4 is 16.3 Å². The zero-order valence-corrected chi connectivity index (χ0v) is 37.5. The van der Waals surface area contributed by atoms with Gasteiger partial charge in [-0.25, -0.2) is 36.7 Å². The number of fused-ring (bicyclic) bond motifs is 8. The Morgan fingerprint density at radius 2 is 1.71 bits per heavy atom. The van der Waals surface area contributed by atoms with E-state index in [0.717, 1.165) is 34.1 Å². The van der Waals surface area contributed by atoms with E-state index in [1.807, 2.05) is 52.8 Å². The fourth-order valence-electron chi connectivity index (χ4n) is 7.38. The molecule has 63 heavy (non-hydrogen) atoms. The first-order valence-electron chi connectivity index (χ1n) is 20.6. The van der Waals surface area contributed by atoms with Gasteiger partial charge in [-0.1, -0.05) is 63.2 Å². The Kier molecular flexibility index (Phi) is 14.1. The number of aryl methyl sites for hydroxylation is 1. The van der Waals surface area contributed by atoms with Crippen LogP contribution in [0, 0.1) is 23.0 Å². The molecule has 7 rings (SSSR count). The number of nitrogens with two attached hydrogens (primary N) is 2. The summed E-state index contributed by atoms with van der Waals surface area (Å²) >= 11 is 0. The summed E-state index contributed by atoms with van der Waals surface area (Å²) in [5.41, 5.74) is 7.35. The maximum Gasteiger partial charge on any atom is 0.268 e. The molecule has 0 saturated heterocycles. The molecule has 6 aromatic rings. The lowest BCUT2D eigenvalue weighted by molar-refractivity contribution is -0.110. The average molecular weight is 884 g/mol. The van der Waals surface area contributed by atoms with Crippen molar-refractivity contribution in [2.75, 3.05) is 20.3 Å². The van der Waals surface area contributed by atoms with Crippen LogP contribution in [0.5, 0.6) is 11.5 Å². The number of methoxy groups -OCH3 is 1. The molecule has 1 aliphatic heterocycles. The van der Waals surface area contributed by atoms with E-state index in [1.165, 1.54) is 52.4 Å². The van der Waals surface area contributed by atoms with E-state index in [9.17, 15) is 13.2 Å². The summed E-state index contributed by atoms with van der Waals surface area (Å²) in [6.45, 7) is 10.8. The van der Waals surface area contributed by atoms with Crippen molar-refractivity contribution < 1.29 is 36.2 Å². The van der Waals surface area contributed by atoms with Crippen LogP contribution in [0.25, 0.3) is 22.3 Å².